The molecular formula is C12H17ClN6O2. The van der Waals surface area contributed by atoms with E-state index in [1.165, 1.54) is 11.0 Å². The number of hydrogen-bond donors (Lipinski definition) is 2. The van der Waals surface area contributed by atoms with Gasteiger partial charge >= 0.3 is 0 Å². The number of tetrazole rings is 1. The monoisotopic (exact) mass is 312 g/mol. The number of methoxy groups -OCH3 is 1. The van der Waals surface area contributed by atoms with Crippen molar-refractivity contribution < 1.29 is 9.53 Å². The molecule has 0 saturated carbocycles. The summed E-state index contributed by atoms with van der Waals surface area (Å²) in [6.45, 7) is 1.44. The van der Waals surface area contributed by atoms with Gasteiger partial charge in [-0.2, -0.15) is 0 Å². The molecule has 1 aromatic heterocycles. The van der Waals surface area contributed by atoms with E-state index in [2.05, 4.69) is 26.2 Å². The van der Waals surface area contributed by atoms with E-state index in [-0.39, 0.29) is 24.9 Å². The molecular weight excluding hydrogens is 296 g/mol. The number of nitrogens with zero attached hydrogens (tertiary/aromatic N) is 4. The summed E-state index contributed by atoms with van der Waals surface area (Å²) in [6.07, 6.45) is 1.49. The Morgan fingerprint density at radius 1 is 1.43 bits per heavy atom. The maximum absolute atomic E-state index is 11.7. The highest BCUT2D eigenvalue weighted by Crippen LogP contribution is 2.12. The second-order valence-electron chi connectivity index (χ2n) is 4.02. The van der Waals surface area contributed by atoms with Crippen molar-refractivity contribution in [3.8, 4) is 5.69 Å². The van der Waals surface area contributed by atoms with Crippen LogP contribution in [0.3, 0.4) is 0 Å². The molecule has 0 unspecified atom stereocenters. The fraction of sp³-hybridized carbons (Fsp3) is 0.333. The number of carbonyl (C=O) groups is 1. The molecule has 0 aliphatic carbocycles. The molecule has 0 spiro atoms. The molecule has 0 saturated heterocycles. The lowest BCUT2D eigenvalue weighted by molar-refractivity contribution is -0.115. The van der Waals surface area contributed by atoms with Crippen molar-refractivity contribution in [2.45, 2.75) is 0 Å². The van der Waals surface area contributed by atoms with Gasteiger partial charge in [0.15, 0.2) is 0 Å². The molecule has 1 amide bonds. The van der Waals surface area contributed by atoms with E-state index in [0.717, 1.165) is 5.69 Å². The van der Waals surface area contributed by atoms with E-state index in [4.69, 9.17) is 4.74 Å². The predicted molar refractivity (Wildman–Crippen MR) is 79.8 cm³/mol. The first-order chi connectivity index (χ1) is 9.79. The Kier molecular flexibility index (Phi) is 7.30. The number of benzene rings is 1. The highest BCUT2D eigenvalue weighted by Gasteiger charge is 2.04. The van der Waals surface area contributed by atoms with Gasteiger partial charge in [0.05, 0.1) is 18.8 Å². The third-order valence-electron chi connectivity index (χ3n) is 2.51. The van der Waals surface area contributed by atoms with Crippen LogP contribution in [0.15, 0.2) is 30.6 Å². The SMILES string of the molecule is COCCNCC(=O)Nc1cccc(-n2cnnn2)c1.Cl. The summed E-state index contributed by atoms with van der Waals surface area (Å²) in [7, 11) is 1.62. The van der Waals surface area contributed by atoms with Gasteiger partial charge in [-0.25, -0.2) is 4.68 Å². The molecule has 114 valence electrons. The lowest BCUT2D eigenvalue weighted by atomic mass is 10.3. The number of nitrogens with one attached hydrogen (secondary N) is 2. The molecule has 2 rings (SSSR count). The lowest BCUT2D eigenvalue weighted by Gasteiger charge is -2.07. The summed E-state index contributed by atoms with van der Waals surface area (Å²) in [5, 5.41) is 16.7. The maximum Gasteiger partial charge on any atom is 0.238 e. The zero-order valence-corrected chi connectivity index (χ0v) is 12.3. The Balaban J connectivity index is 0.00000220. The summed E-state index contributed by atoms with van der Waals surface area (Å²) in [4.78, 5) is 11.7. The number of anilines is 1. The Morgan fingerprint density at radius 3 is 3.00 bits per heavy atom. The average Bonchev–Trinajstić information content (AvgIpc) is 2.98. The van der Waals surface area contributed by atoms with Crippen LogP contribution in [0.4, 0.5) is 5.69 Å². The maximum atomic E-state index is 11.7. The second-order valence-corrected chi connectivity index (χ2v) is 4.02. The molecule has 2 aromatic rings. The standard InChI is InChI=1S/C12H16N6O2.ClH/c1-20-6-5-13-8-12(19)15-10-3-2-4-11(7-10)18-9-14-16-17-18;/h2-4,7,9,13H,5-6,8H2,1H3,(H,15,19);1H. The van der Waals surface area contributed by atoms with Gasteiger partial charge in [-0.1, -0.05) is 6.07 Å². The van der Waals surface area contributed by atoms with Gasteiger partial charge in [-0.15, -0.1) is 17.5 Å². The van der Waals surface area contributed by atoms with Crippen molar-refractivity contribution in [2.24, 2.45) is 0 Å². The Labute approximate surface area is 128 Å². The summed E-state index contributed by atoms with van der Waals surface area (Å²) in [6, 6.07) is 7.28. The average molecular weight is 313 g/mol. The van der Waals surface area contributed by atoms with Crippen LogP contribution in [0.2, 0.25) is 0 Å². The minimum Gasteiger partial charge on any atom is -0.383 e. The van der Waals surface area contributed by atoms with Crippen LogP contribution in [-0.4, -0.2) is 52.9 Å². The molecule has 0 aliphatic rings. The molecule has 0 atom stereocenters. The topological polar surface area (TPSA) is 94.0 Å². The number of amides is 1. The zero-order chi connectivity index (χ0) is 14.2. The Bertz CT molecular complexity index is 548. The number of hydrogen-bond acceptors (Lipinski definition) is 6. The minimum absolute atomic E-state index is 0. The minimum atomic E-state index is -0.116. The molecule has 1 heterocycles. The molecule has 1 aromatic carbocycles. The van der Waals surface area contributed by atoms with Crippen LogP contribution < -0.4 is 10.6 Å². The second kappa shape index (κ2) is 9.01. The third-order valence-corrected chi connectivity index (χ3v) is 2.51. The summed E-state index contributed by atoms with van der Waals surface area (Å²) < 4.78 is 6.40. The first-order valence-electron chi connectivity index (χ1n) is 6.12. The highest BCUT2D eigenvalue weighted by molar-refractivity contribution is 5.92. The number of carbonyl (C=O) groups excluding carboxylic acids is 1. The summed E-state index contributed by atoms with van der Waals surface area (Å²) >= 11 is 0. The zero-order valence-electron chi connectivity index (χ0n) is 11.5. The van der Waals surface area contributed by atoms with Crippen molar-refractivity contribution in [1.29, 1.82) is 0 Å². The fourth-order valence-electron chi connectivity index (χ4n) is 1.59. The Hall–Kier alpha value is -2.03. The fourth-order valence-corrected chi connectivity index (χ4v) is 1.59. The number of ether oxygens (including phenoxy) is 1. The molecule has 0 aliphatic heterocycles. The first kappa shape index (κ1) is 17.0. The van der Waals surface area contributed by atoms with E-state index >= 15 is 0 Å². The van der Waals surface area contributed by atoms with E-state index in [0.29, 0.717) is 18.8 Å². The van der Waals surface area contributed by atoms with Gasteiger partial charge in [-0.3, -0.25) is 4.79 Å². The van der Waals surface area contributed by atoms with E-state index in [1.807, 2.05) is 12.1 Å². The van der Waals surface area contributed by atoms with Gasteiger partial charge in [0.25, 0.3) is 0 Å². The molecule has 2 N–H and O–H groups in total. The molecule has 9 heteroatoms. The van der Waals surface area contributed by atoms with Gasteiger partial charge in [-0.05, 0) is 28.6 Å². The van der Waals surface area contributed by atoms with Crippen molar-refractivity contribution >= 4 is 24.0 Å². The molecule has 21 heavy (non-hydrogen) atoms. The van der Waals surface area contributed by atoms with Gasteiger partial charge in [0.2, 0.25) is 5.91 Å². The normalized spacial score (nSPS) is 9.95. The van der Waals surface area contributed by atoms with E-state index < -0.39 is 0 Å². The van der Waals surface area contributed by atoms with Gasteiger partial charge < -0.3 is 15.4 Å². The van der Waals surface area contributed by atoms with Crippen LogP contribution in [0.1, 0.15) is 0 Å². The quantitative estimate of drug-likeness (QED) is 0.712. The van der Waals surface area contributed by atoms with Crippen molar-refractivity contribution in [3.63, 3.8) is 0 Å². The predicted octanol–water partition coefficient (Wildman–Crippen LogP) is 0.259. The smallest absolute Gasteiger partial charge is 0.238 e. The number of rotatable bonds is 7. The van der Waals surface area contributed by atoms with Crippen LogP contribution >= 0.6 is 12.4 Å². The van der Waals surface area contributed by atoms with E-state index in [1.54, 1.807) is 19.2 Å². The van der Waals surface area contributed by atoms with Crippen LogP contribution in [0, 0.1) is 0 Å². The van der Waals surface area contributed by atoms with Crippen molar-refractivity contribution in [3.05, 3.63) is 30.6 Å². The van der Waals surface area contributed by atoms with Gasteiger partial charge in [0, 0.05) is 19.3 Å². The number of aromatic nitrogens is 4. The Morgan fingerprint density at radius 2 is 2.29 bits per heavy atom. The summed E-state index contributed by atoms with van der Waals surface area (Å²) in [5.41, 5.74) is 1.47. The molecule has 0 fully saturated rings. The number of halogens is 1. The third kappa shape index (κ3) is 5.46. The van der Waals surface area contributed by atoms with Crippen molar-refractivity contribution in [2.75, 3.05) is 32.1 Å². The van der Waals surface area contributed by atoms with Crippen LogP contribution in [0.5, 0.6) is 0 Å². The van der Waals surface area contributed by atoms with Gasteiger partial charge in [0.1, 0.15) is 6.33 Å². The summed E-state index contributed by atoms with van der Waals surface area (Å²) in [5.74, 6) is -0.116. The van der Waals surface area contributed by atoms with Crippen LogP contribution in [0.25, 0.3) is 5.69 Å². The first-order valence-corrected chi connectivity index (χ1v) is 6.12. The largest absolute Gasteiger partial charge is 0.383 e. The lowest BCUT2D eigenvalue weighted by Crippen LogP contribution is -2.30. The van der Waals surface area contributed by atoms with E-state index in [9.17, 15) is 4.79 Å². The van der Waals surface area contributed by atoms with Crippen LogP contribution in [-0.2, 0) is 9.53 Å². The molecule has 8 nitrogen and oxygen atoms in total. The molecule has 0 radical (unpaired) electrons. The highest BCUT2D eigenvalue weighted by atomic mass is 35.5. The van der Waals surface area contributed by atoms with Crippen molar-refractivity contribution in [1.82, 2.24) is 25.5 Å². The molecule has 0 bridgehead atoms.